The van der Waals surface area contributed by atoms with Gasteiger partial charge in [-0.25, -0.2) is 9.97 Å². The number of nitriles is 1. The van der Waals surface area contributed by atoms with E-state index < -0.39 is 0 Å². The first-order valence-corrected chi connectivity index (χ1v) is 6.11. The highest BCUT2D eigenvalue weighted by Crippen LogP contribution is 2.26. The van der Waals surface area contributed by atoms with Gasteiger partial charge in [0.25, 0.3) is 5.88 Å². The van der Waals surface area contributed by atoms with Crippen LogP contribution in [0.4, 0.5) is 0 Å². The van der Waals surface area contributed by atoms with Crippen molar-refractivity contribution in [2.45, 2.75) is 26.7 Å². The van der Waals surface area contributed by atoms with Crippen molar-refractivity contribution in [1.82, 2.24) is 9.97 Å². The van der Waals surface area contributed by atoms with Crippen molar-refractivity contribution >= 4 is 0 Å². The Balaban J connectivity index is 2.30. The largest absolute Gasteiger partial charge is 0.436 e. The van der Waals surface area contributed by atoms with Crippen molar-refractivity contribution in [2.24, 2.45) is 0 Å². The van der Waals surface area contributed by atoms with Crippen LogP contribution in [0.3, 0.4) is 0 Å². The summed E-state index contributed by atoms with van der Waals surface area (Å²) >= 11 is 0. The van der Waals surface area contributed by atoms with E-state index in [1.54, 1.807) is 0 Å². The lowest BCUT2D eigenvalue weighted by Gasteiger charge is -2.12. The molecule has 0 fully saturated rings. The van der Waals surface area contributed by atoms with Crippen LogP contribution < -0.4 is 4.74 Å². The number of ether oxygens (including phenoxy) is 1. The molecule has 2 aromatic rings. The van der Waals surface area contributed by atoms with E-state index in [1.165, 1.54) is 18.0 Å². The van der Waals surface area contributed by atoms with Crippen LogP contribution in [0.2, 0.25) is 0 Å². The van der Waals surface area contributed by atoms with Gasteiger partial charge in [0, 0.05) is 12.4 Å². The molecule has 19 heavy (non-hydrogen) atoms. The third kappa shape index (κ3) is 2.89. The van der Waals surface area contributed by atoms with Crippen LogP contribution in [0.15, 0.2) is 30.6 Å². The van der Waals surface area contributed by atoms with Gasteiger partial charge in [-0.3, -0.25) is 0 Å². The van der Waals surface area contributed by atoms with Gasteiger partial charge in [-0.15, -0.1) is 0 Å². The zero-order valence-corrected chi connectivity index (χ0v) is 11.2. The number of rotatable bonds is 3. The highest BCUT2D eigenvalue weighted by Gasteiger charge is 2.09. The maximum Gasteiger partial charge on any atom is 0.256 e. The van der Waals surface area contributed by atoms with Gasteiger partial charge in [0.05, 0.1) is 0 Å². The minimum absolute atomic E-state index is 0.188. The Hall–Kier alpha value is -2.41. The maximum atomic E-state index is 8.94. The molecule has 0 saturated carbocycles. The second-order valence-electron chi connectivity index (χ2n) is 4.60. The second-order valence-corrected chi connectivity index (χ2v) is 4.60. The van der Waals surface area contributed by atoms with Crippen LogP contribution >= 0.6 is 0 Å². The predicted octanol–water partition coefficient (Wildman–Crippen LogP) is 3.57. The molecule has 0 spiro atoms. The quantitative estimate of drug-likeness (QED) is 0.839. The summed E-state index contributed by atoms with van der Waals surface area (Å²) in [4.78, 5) is 7.94. The molecular weight excluding hydrogens is 238 g/mol. The van der Waals surface area contributed by atoms with Crippen LogP contribution in [-0.4, -0.2) is 9.97 Å². The fourth-order valence-corrected chi connectivity index (χ4v) is 1.95. The number of benzene rings is 1. The van der Waals surface area contributed by atoms with Gasteiger partial charge in [0.2, 0.25) is 5.69 Å². The third-order valence-corrected chi connectivity index (χ3v) is 2.85. The highest BCUT2D eigenvalue weighted by atomic mass is 16.5. The first kappa shape index (κ1) is 13.0. The average Bonchev–Trinajstić information content (AvgIpc) is 2.39. The number of nitrogens with zero attached hydrogens (tertiary/aromatic N) is 3. The van der Waals surface area contributed by atoms with Gasteiger partial charge in [0.1, 0.15) is 11.8 Å². The molecule has 0 aliphatic carbocycles. The first-order valence-electron chi connectivity index (χ1n) is 6.11. The lowest BCUT2D eigenvalue weighted by molar-refractivity contribution is 0.457. The van der Waals surface area contributed by atoms with E-state index >= 15 is 0 Å². The summed E-state index contributed by atoms with van der Waals surface area (Å²) in [5.74, 6) is 1.38. The van der Waals surface area contributed by atoms with Crippen LogP contribution in [0.5, 0.6) is 11.6 Å². The summed E-state index contributed by atoms with van der Waals surface area (Å²) in [7, 11) is 0. The van der Waals surface area contributed by atoms with Gasteiger partial charge in [0.15, 0.2) is 0 Å². The van der Waals surface area contributed by atoms with Crippen LogP contribution in [0.25, 0.3) is 0 Å². The minimum atomic E-state index is 0.188. The normalized spacial score (nSPS) is 10.3. The van der Waals surface area contributed by atoms with Crippen LogP contribution in [0, 0.1) is 18.3 Å². The Morgan fingerprint density at radius 2 is 1.95 bits per heavy atom. The van der Waals surface area contributed by atoms with E-state index in [1.807, 2.05) is 31.2 Å². The number of hydrogen-bond acceptors (Lipinski definition) is 4. The van der Waals surface area contributed by atoms with E-state index in [-0.39, 0.29) is 11.6 Å². The molecule has 1 heterocycles. The van der Waals surface area contributed by atoms with E-state index in [2.05, 4.69) is 23.8 Å². The topological polar surface area (TPSA) is 58.8 Å². The molecule has 0 amide bonds. The van der Waals surface area contributed by atoms with Crippen LogP contribution in [0.1, 0.15) is 36.6 Å². The summed E-state index contributed by atoms with van der Waals surface area (Å²) in [5, 5.41) is 8.94. The van der Waals surface area contributed by atoms with Gasteiger partial charge >= 0.3 is 0 Å². The Kier molecular flexibility index (Phi) is 3.76. The van der Waals surface area contributed by atoms with Crippen molar-refractivity contribution < 1.29 is 4.74 Å². The molecule has 0 unspecified atom stereocenters. The number of aryl methyl sites for hydroxylation is 1. The van der Waals surface area contributed by atoms with Crippen molar-refractivity contribution in [3.05, 3.63) is 47.4 Å². The fraction of sp³-hybridized carbons (Fsp3) is 0.267. The summed E-state index contributed by atoms with van der Waals surface area (Å²) in [6.45, 7) is 6.35. The molecule has 4 nitrogen and oxygen atoms in total. The molecule has 0 radical (unpaired) electrons. The average molecular weight is 253 g/mol. The molecule has 0 aliphatic rings. The summed E-state index contributed by atoms with van der Waals surface area (Å²) in [5.41, 5.74) is 2.63. The highest BCUT2D eigenvalue weighted by molar-refractivity contribution is 5.40. The third-order valence-electron chi connectivity index (χ3n) is 2.85. The smallest absolute Gasteiger partial charge is 0.256 e. The molecule has 4 heteroatoms. The van der Waals surface area contributed by atoms with Gasteiger partial charge in [-0.2, -0.15) is 5.26 Å². The Morgan fingerprint density at radius 3 is 2.58 bits per heavy atom. The summed E-state index contributed by atoms with van der Waals surface area (Å²) < 4.78 is 5.62. The van der Waals surface area contributed by atoms with Crippen LogP contribution in [-0.2, 0) is 0 Å². The van der Waals surface area contributed by atoms with Gasteiger partial charge in [-0.1, -0.05) is 19.9 Å². The zero-order chi connectivity index (χ0) is 13.8. The zero-order valence-electron chi connectivity index (χ0n) is 11.2. The molecule has 1 aromatic carbocycles. The SMILES string of the molecule is Cc1cc(Oc2nccnc2C#N)ccc1C(C)C. The number of hydrogen-bond donors (Lipinski definition) is 0. The molecule has 0 bridgehead atoms. The lowest BCUT2D eigenvalue weighted by Crippen LogP contribution is -1.96. The molecule has 0 atom stereocenters. The Labute approximate surface area is 112 Å². The Bertz CT molecular complexity index is 630. The standard InChI is InChI=1S/C15H15N3O/c1-10(2)13-5-4-12(8-11(13)3)19-15-14(9-16)17-6-7-18-15/h4-8,10H,1-3H3. The fourth-order valence-electron chi connectivity index (χ4n) is 1.95. The number of aromatic nitrogens is 2. The maximum absolute atomic E-state index is 8.94. The first-order chi connectivity index (χ1) is 9.11. The molecule has 1 aromatic heterocycles. The van der Waals surface area contributed by atoms with E-state index in [4.69, 9.17) is 10.00 Å². The predicted molar refractivity (Wildman–Crippen MR) is 72.1 cm³/mol. The monoisotopic (exact) mass is 253 g/mol. The minimum Gasteiger partial charge on any atom is -0.436 e. The molecule has 0 aliphatic heterocycles. The second kappa shape index (κ2) is 5.49. The van der Waals surface area contributed by atoms with Crippen molar-refractivity contribution in [2.75, 3.05) is 0 Å². The van der Waals surface area contributed by atoms with Gasteiger partial charge < -0.3 is 4.74 Å². The van der Waals surface area contributed by atoms with E-state index in [0.717, 1.165) is 5.56 Å². The summed E-state index contributed by atoms with van der Waals surface area (Å²) in [6, 6.07) is 7.84. The van der Waals surface area contributed by atoms with Gasteiger partial charge in [-0.05, 0) is 36.1 Å². The molecule has 2 rings (SSSR count). The van der Waals surface area contributed by atoms with Crippen molar-refractivity contribution in [1.29, 1.82) is 5.26 Å². The molecule has 0 saturated heterocycles. The summed E-state index contributed by atoms with van der Waals surface area (Å²) in [6.07, 6.45) is 2.98. The van der Waals surface area contributed by atoms with Crippen molar-refractivity contribution in [3.8, 4) is 17.7 Å². The Morgan fingerprint density at radius 1 is 1.21 bits per heavy atom. The van der Waals surface area contributed by atoms with E-state index in [0.29, 0.717) is 11.7 Å². The lowest BCUT2D eigenvalue weighted by atomic mass is 9.98. The molecule has 96 valence electrons. The van der Waals surface area contributed by atoms with E-state index in [9.17, 15) is 0 Å². The molecular formula is C15H15N3O. The molecule has 0 N–H and O–H groups in total. The van der Waals surface area contributed by atoms with Crippen molar-refractivity contribution in [3.63, 3.8) is 0 Å².